The number of aliphatic imine (C=N–C) groups is 1. The van der Waals surface area contributed by atoms with Crippen LogP contribution in [-0.2, 0) is 17.9 Å². The Labute approximate surface area is 161 Å². The SMILES string of the molecule is CCNC(=NCc1ccccc1OC)NCCC(=O)NCc1ccccc1. The Kier molecular flexibility index (Phi) is 8.69. The molecule has 0 spiro atoms. The van der Waals surface area contributed by atoms with Gasteiger partial charge in [-0.1, -0.05) is 48.5 Å². The second-order valence-electron chi connectivity index (χ2n) is 5.95. The maximum atomic E-state index is 12.0. The number of ether oxygens (including phenoxy) is 1. The number of para-hydroxylation sites is 1. The van der Waals surface area contributed by atoms with Crippen molar-refractivity contribution in [3.05, 3.63) is 65.7 Å². The van der Waals surface area contributed by atoms with Crippen LogP contribution < -0.4 is 20.7 Å². The van der Waals surface area contributed by atoms with Gasteiger partial charge in [-0.3, -0.25) is 4.79 Å². The highest BCUT2D eigenvalue weighted by molar-refractivity contribution is 5.81. The van der Waals surface area contributed by atoms with Crippen molar-refractivity contribution in [3.8, 4) is 5.75 Å². The van der Waals surface area contributed by atoms with Gasteiger partial charge in [0.2, 0.25) is 5.91 Å². The van der Waals surface area contributed by atoms with Gasteiger partial charge in [-0.05, 0) is 18.6 Å². The molecule has 2 aromatic carbocycles. The molecule has 27 heavy (non-hydrogen) atoms. The lowest BCUT2D eigenvalue weighted by atomic mass is 10.2. The predicted molar refractivity (Wildman–Crippen MR) is 109 cm³/mol. The van der Waals surface area contributed by atoms with Crippen LogP contribution in [-0.4, -0.2) is 32.1 Å². The molecule has 2 rings (SSSR count). The number of hydrogen-bond acceptors (Lipinski definition) is 3. The summed E-state index contributed by atoms with van der Waals surface area (Å²) >= 11 is 0. The number of rotatable bonds is 9. The average molecular weight is 368 g/mol. The van der Waals surface area contributed by atoms with Gasteiger partial charge in [0.05, 0.1) is 13.7 Å². The third-order valence-corrected chi connectivity index (χ3v) is 3.92. The van der Waals surface area contributed by atoms with E-state index in [1.54, 1.807) is 7.11 Å². The summed E-state index contributed by atoms with van der Waals surface area (Å²) in [5.74, 6) is 1.50. The number of methoxy groups -OCH3 is 1. The van der Waals surface area contributed by atoms with Gasteiger partial charge in [0.25, 0.3) is 0 Å². The molecule has 0 aliphatic heterocycles. The van der Waals surface area contributed by atoms with Crippen LogP contribution in [0.1, 0.15) is 24.5 Å². The summed E-state index contributed by atoms with van der Waals surface area (Å²) in [5.41, 5.74) is 2.10. The van der Waals surface area contributed by atoms with E-state index < -0.39 is 0 Å². The quantitative estimate of drug-likeness (QED) is 0.469. The van der Waals surface area contributed by atoms with Gasteiger partial charge in [0, 0.05) is 31.6 Å². The fourth-order valence-corrected chi connectivity index (χ4v) is 2.52. The van der Waals surface area contributed by atoms with Gasteiger partial charge < -0.3 is 20.7 Å². The molecule has 0 atom stereocenters. The monoisotopic (exact) mass is 368 g/mol. The van der Waals surface area contributed by atoms with Gasteiger partial charge in [0.15, 0.2) is 5.96 Å². The number of guanidine groups is 1. The first-order chi connectivity index (χ1) is 13.2. The lowest BCUT2D eigenvalue weighted by Gasteiger charge is -2.12. The lowest BCUT2D eigenvalue weighted by molar-refractivity contribution is -0.121. The Bertz CT molecular complexity index is 732. The summed E-state index contributed by atoms with van der Waals surface area (Å²) in [6.07, 6.45) is 0.381. The highest BCUT2D eigenvalue weighted by Gasteiger charge is 2.04. The maximum absolute atomic E-state index is 12.0. The van der Waals surface area contributed by atoms with Crippen molar-refractivity contribution in [1.29, 1.82) is 0 Å². The average Bonchev–Trinajstić information content (AvgIpc) is 2.71. The van der Waals surface area contributed by atoms with Crippen molar-refractivity contribution < 1.29 is 9.53 Å². The third kappa shape index (κ3) is 7.40. The second-order valence-corrected chi connectivity index (χ2v) is 5.95. The van der Waals surface area contributed by atoms with Crippen molar-refractivity contribution >= 4 is 11.9 Å². The highest BCUT2D eigenvalue weighted by atomic mass is 16.5. The molecule has 6 heteroatoms. The number of nitrogens with zero attached hydrogens (tertiary/aromatic N) is 1. The molecule has 0 aliphatic carbocycles. The van der Waals surface area contributed by atoms with Crippen molar-refractivity contribution in [3.63, 3.8) is 0 Å². The van der Waals surface area contributed by atoms with E-state index in [-0.39, 0.29) is 5.91 Å². The van der Waals surface area contributed by atoms with Crippen LogP contribution >= 0.6 is 0 Å². The first-order valence-corrected chi connectivity index (χ1v) is 9.17. The molecular weight excluding hydrogens is 340 g/mol. The number of carbonyl (C=O) groups is 1. The molecule has 0 aliphatic rings. The van der Waals surface area contributed by atoms with Gasteiger partial charge >= 0.3 is 0 Å². The molecule has 0 radical (unpaired) electrons. The molecule has 0 bridgehead atoms. The number of amides is 1. The Morgan fingerprint density at radius 3 is 2.48 bits per heavy atom. The van der Waals surface area contributed by atoms with Crippen LogP contribution in [0.25, 0.3) is 0 Å². The van der Waals surface area contributed by atoms with Gasteiger partial charge in [-0.15, -0.1) is 0 Å². The van der Waals surface area contributed by atoms with Crippen LogP contribution in [0.3, 0.4) is 0 Å². The molecule has 0 aromatic heterocycles. The molecule has 3 N–H and O–H groups in total. The smallest absolute Gasteiger partial charge is 0.222 e. The molecule has 1 amide bonds. The van der Waals surface area contributed by atoms with E-state index in [1.807, 2.05) is 61.5 Å². The largest absolute Gasteiger partial charge is 0.496 e. The minimum absolute atomic E-state index is 0.00642. The normalized spacial score (nSPS) is 11.0. The molecule has 0 saturated heterocycles. The summed E-state index contributed by atoms with van der Waals surface area (Å²) in [6.45, 7) is 4.31. The van der Waals surface area contributed by atoms with Crippen molar-refractivity contribution in [2.75, 3.05) is 20.2 Å². The van der Waals surface area contributed by atoms with E-state index in [0.717, 1.165) is 23.4 Å². The number of benzene rings is 2. The van der Waals surface area contributed by atoms with E-state index in [9.17, 15) is 4.79 Å². The first kappa shape index (κ1) is 20.3. The zero-order valence-electron chi connectivity index (χ0n) is 16.0. The van der Waals surface area contributed by atoms with E-state index in [0.29, 0.717) is 32.0 Å². The number of hydrogen-bond donors (Lipinski definition) is 3. The van der Waals surface area contributed by atoms with E-state index in [1.165, 1.54) is 0 Å². The minimum Gasteiger partial charge on any atom is -0.496 e. The summed E-state index contributed by atoms with van der Waals surface area (Å²) < 4.78 is 5.35. The Balaban J connectivity index is 1.78. The van der Waals surface area contributed by atoms with Crippen LogP contribution in [0.2, 0.25) is 0 Å². The van der Waals surface area contributed by atoms with Gasteiger partial charge in [-0.25, -0.2) is 4.99 Å². The third-order valence-electron chi connectivity index (χ3n) is 3.92. The molecule has 0 unspecified atom stereocenters. The van der Waals surface area contributed by atoms with Crippen LogP contribution in [0.4, 0.5) is 0 Å². The highest BCUT2D eigenvalue weighted by Crippen LogP contribution is 2.17. The summed E-state index contributed by atoms with van der Waals surface area (Å²) in [6, 6.07) is 17.7. The Hall–Kier alpha value is -3.02. The minimum atomic E-state index is 0.00642. The zero-order chi connectivity index (χ0) is 19.3. The van der Waals surface area contributed by atoms with E-state index in [4.69, 9.17) is 4.74 Å². The first-order valence-electron chi connectivity index (χ1n) is 9.17. The molecule has 0 heterocycles. The molecular formula is C21H28N4O2. The fraction of sp³-hybridized carbons (Fsp3) is 0.333. The van der Waals surface area contributed by atoms with Gasteiger partial charge in [-0.2, -0.15) is 0 Å². The molecule has 0 saturated carbocycles. The maximum Gasteiger partial charge on any atom is 0.222 e. The van der Waals surface area contributed by atoms with Crippen LogP contribution in [0.15, 0.2) is 59.6 Å². The molecule has 0 fully saturated rings. The summed E-state index contributed by atoms with van der Waals surface area (Å²) in [7, 11) is 1.65. The number of nitrogens with one attached hydrogen (secondary N) is 3. The van der Waals surface area contributed by atoms with Crippen molar-refractivity contribution in [2.24, 2.45) is 4.99 Å². The van der Waals surface area contributed by atoms with Crippen LogP contribution in [0, 0.1) is 0 Å². The second kappa shape index (κ2) is 11.6. The summed E-state index contributed by atoms with van der Waals surface area (Å²) in [4.78, 5) is 16.6. The molecule has 6 nitrogen and oxygen atoms in total. The molecule has 2 aromatic rings. The Morgan fingerprint density at radius 1 is 1.00 bits per heavy atom. The van der Waals surface area contributed by atoms with E-state index >= 15 is 0 Å². The van der Waals surface area contributed by atoms with Crippen molar-refractivity contribution in [1.82, 2.24) is 16.0 Å². The molecule has 144 valence electrons. The zero-order valence-corrected chi connectivity index (χ0v) is 16.0. The van der Waals surface area contributed by atoms with E-state index in [2.05, 4.69) is 20.9 Å². The van der Waals surface area contributed by atoms with Crippen LogP contribution in [0.5, 0.6) is 5.75 Å². The summed E-state index contributed by atoms with van der Waals surface area (Å²) in [5, 5.41) is 9.30. The standard InChI is InChI=1S/C21H28N4O2/c1-3-22-21(25-16-18-11-7-8-12-19(18)27-2)23-14-13-20(26)24-15-17-9-5-4-6-10-17/h4-12H,3,13-16H2,1-2H3,(H,24,26)(H2,22,23,25). The van der Waals surface area contributed by atoms with Crippen molar-refractivity contribution in [2.45, 2.75) is 26.4 Å². The lowest BCUT2D eigenvalue weighted by Crippen LogP contribution is -2.39. The number of carbonyl (C=O) groups excluding carboxylic acids is 1. The Morgan fingerprint density at radius 2 is 1.74 bits per heavy atom. The predicted octanol–water partition coefficient (Wildman–Crippen LogP) is 2.46. The topological polar surface area (TPSA) is 74.8 Å². The fourth-order valence-electron chi connectivity index (χ4n) is 2.52. The van der Waals surface area contributed by atoms with Gasteiger partial charge in [0.1, 0.15) is 5.75 Å².